The predicted molar refractivity (Wildman–Crippen MR) is 139 cm³/mol. The first kappa shape index (κ1) is 24.2. The molecule has 4 rings (SSSR count). The predicted octanol–water partition coefficient (Wildman–Crippen LogP) is 4.54. The lowest BCUT2D eigenvalue weighted by molar-refractivity contribution is 0.0943. The zero-order valence-electron chi connectivity index (χ0n) is 20.2. The number of carbonyl (C=O) groups excluding carboxylic acids is 1. The Bertz CT molecular complexity index is 1100. The lowest BCUT2D eigenvalue weighted by Gasteiger charge is -2.35. The van der Waals surface area contributed by atoms with Gasteiger partial charge in [0.2, 0.25) is 0 Å². The Labute approximate surface area is 206 Å². The van der Waals surface area contributed by atoms with Gasteiger partial charge in [-0.25, -0.2) is 9.97 Å². The van der Waals surface area contributed by atoms with E-state index in [1.165, 1.54) is 5.56 Å². The van der Waals surface area contributed by atoms with Crippen LogP contribution in [0.25, 0.3) is 0 Å². The first-order chi connectivity index (χ1) is 16.5. The summed E-state index contributed by atoms with van der Waals surface area (Å²) in [6.45, 7) is 10.9. The van der Waals surface area contributed by atoms with Gasteiger partial charge in [0.15, 0.2) is 5.16 Å². The molecule has 1 aromatic heterocycles. The number of piperazine rings is 1. The smallest absolute Gasteiger partial charge is 0.251 e. The van der Waals surface area contributed by atoms with E-state index in [0.29, 0.717) is 5.56 Å². The number of thioether (sulfide) groups is 1. The highest BCUT2D eigenvalue weighted by atomic mass is 32.2. The van der Waals surface area contributed by atoms with Gasteiger partial charge in [-0.3, -0.25) is 9.69 Å². The van der Waals surface area contributed by atoms with Crippen molar-refractivity contribution >= 4 is 23.5 Å². The first-order valence-corrected chi connectivity index (χ1v) is 12.8. The molecule has 3 aromatic rings. The summed E-state index contributed by atoms with van der Waals surface area (Å²) in [5.74, 6) is 1.68. The molecule has 0 unspecified atom stereocenters. The molecule has 1 aliphatic rings. The Morgan fingerprint density at radius 1 is 0.971 bits per heavy atom. The van der Waals surface area contributed by atoms with Gasteiger partial charge in [0.1, 0.15) is 5.82 Å². The fourth-order valence-electron chi connectivity index (χ4n) is 4.02. The molecule has 1 N–H and O–H groups in total. The van der Waals surface area contributed by atoms with Gasteiger partial charge < -0.3 is 10.2 Å². The van der Waals surface area contributed by atoms with Gasteiger partial charge in [0, 0.05) is 61.8 Å². The van der Waals surface area contributed by atoms with E-state index >= 15 is 0 Å². The number of anilines is 1. The van der Waals surface area contributed by atoms with Crippen molar-refractivity contribution in [2.45, 2.75) is 44.3 Å². The van der Waals surface area contributed by atoms with Crippen LogP contribution in [0.4, 0.5) is 5.82 Å². The quantitative estimate of drug-likeness (QED) is 0.381. The second-order valence-corrected chi connectivity index (χ2v) is 9.96. The molecule has 0 atom stereocenters. The molecule has 2 aromatic carbocycles. The average Bonchev–Trinajstić information content (AvgIpc) is 2.83. The van der Waals surface area contributed by atoms with Crippen molar-refractivity contribution in [3.8, 4) is 0 Å². The highest BCUT2D eigenvalue weighted by molar-refractivity contribution is 7.98. The number of carbonyl (C=O) groups is 1. The third kappa shape index (κ3) is 6.81. The van der Waals surface area contributed by atoms with Crippen molar-refractivity contribution in [2.24, 2.45) is 0 Å². The standard InChI is InChI=1S/C27H33N5OS/c1-20(2)28-26(33)24-11-7-10-23(17-24)19-34-27-29-21(3)16-25(30-27)32-14-12-31(13-15-32)18-22-8-5-4-6-9-22/h4-11,16-17,20H,12-15,18-19H2,1-3H3,(H,28,33). The van der Waals surface area contributed by atoms with E-state index in [-0.39, 0.29) is 11.9 Å². The van der Waals surface area contributed by atoms with Crippen LogP contribution in [0.1, 0.15) is 41.0 Å². The summed E-state index contributed by atoms with van der Waals surface area (Å²) in [6, 6.07) is 20.6. The Balaban J connectivity index is 1.35. The molecule has 0 spiro atoms. The van der Waals surface area contributed by atoms with Crippen LogP contribution in [0, 0.1) is 6.92 Å². The van der Waals surface area contributed by atoms with Gasteiger partial charge >= 0.3 is 0 Å². The van der Waals surface area contributed by atoms with Crippen molar-refractivity contribution in [3.63, 3.8) is 0 Å². The van der Waals surface area contributed by atoms with Gasteiger partial charge in [0.05, 0.1) is 0 Å². The molecule has 1 saturated heterocycles. The molecule has 1 fully saturated rings. The van der Waals surface area contributed by atoms with E-state index in [1.807, 2.05) is 45.0 Å². The molecule has 6 nitrogen and oxygen atoms in total. The Morgan fingerprint density at radius 2 is 1.71 bits per heavy atom. The summed E-state index contributed by atoms with van der Waals surface area (Å²) < 4.78 is 0. The monoisotopic (exact) mass is 475 g/mol. The highest BCUT2D eigenvalue weighted by Gasteiger charge is 2.19. The van der Waals surface area contributed by atoms with Crippen LogP contribution in [-0.4, -0.2) is 53.0 Å². The maximum Gasteiger partial charge on any atom is 0.251 e. The molecule has 1 amide bonds. The van der Waals surface area contributed by atoms with E-state index in [2.05, 4.69) is 56.5 Å². The number of aromatic nitrogens is 2. The SMILES string of the molecule is Cc1cc(N2CCN(Cc3ccccc3)CC2)nc(SCc2cccc(C(=O)NC(C)C)c2)n1. The molecule has 7 heteroatoms. The number of hydrogen-bond donors (Lipinski definition) is 1. The van der Waals surface area contributed by atoms with E-state index in [4.69, 9.17) is 4.98 Å². The Kier molecular flexibility index (Phi) is 8.19. The maximum absolute atomic E-state index is 12.3. The normalized spacial score (nSPS) is 14.4. The second kappa shape index (κ2) is 11.5. The number of nitrogens with zero attached hydrogens (tertiary/aromatic N) is 4. The summed E-state index contributed by atoms with van der Waals surface area (Å²) in [4.78, 5) is 26.7. The molecule has 0 bridgehead atoms. The van der Waals surface area contributed by atoms with Crippen LogP contribution in [0.2, 0.25) is 0 Å². The Hall–Kier alpha value is -2.90. The molecule has 178 valence electrons. The van der Waals surface area contributed by atoms with Gasteiger partial charge in [0.25, 0.3) is 5.91 Å². The fraction of sp³-hybridized carbons (Fsp3) is 0.370. The van der Waals surface area contributed by atoms with Crippen LogP contribution in [0.15, 0.2) is 65.8 Å². The number of amides is 1. The average molecular weight is 476 g/mol. The number of nitrogens with one attached hydrogen (secondary N) is 1. The maximum atomic E-state index is 12.3. The highest BCUT2D eigenvalue weighted by Crippen LogP contribution is 2.24. The minimum Gasteiger partial charge on any atom is -0.354 e. The van der Waals surface area contributed by atoms with Crippen molar-refractivity contribution in [2.75, 3.05) is 31.1 Å². The third-order valence-corrected chi connectivity index (χ3v) is 6.66. The topological polar surface area (TPSA) is 61.4 Å². The van der Waals surface area contributed by atoms with E-state index < -0.39 is 0 Å². The zero-order chi connectivity index (χ0) is 23.9. The molecule has 2 heterocycles. The molecule has 0 saturated carbocycles. The summed E-state index contributed by atoms with van der Waals surface area (Å²) in [5, 5.41) is 3.73. The first-order valence-electron chi connectivity index (χ1n) is 11.9. The van der Waals surface area contributed by atoms with Gasteiger partial charge in [-0.05, 0) is 44.0 Å². The second-order valence-electron chi connectivity index (χ2n) is 9.02. The molecule has 0 aliphatic carbocycles. The molecule has 34 heavy (non-hydrogen) atoms. The van der Waals surface area contributed by atoms with Crippen molar-refractivity contribution < 1.29 is 4.79 Å². The van der Waals surface area contributed by atoms with Crippen molar-refractivity contribution in [3.05, 3.63) is 83.0 Å². The summed E-state index contributed by atoms with van der Waals surface area (Å²) in [6.07, 6.45) is 0. The lowest BCUT2D eigenvalue weighted by Crippen LogP contribution is -2.46. The van der Waals surface area contributed by atoms with Crippen molar-refractivity contribution in [1.82, 2.24) is 20.2 Å². The van der Waals surface area contributed by atoms with Crippen molar-refractivity contribution in [1.29, 1.82) is 0 Å². The third-order valence-electron chi connectivity index (χ3n) is 5.74. The van der Waals surface area contributed by atoms with Gasteiger partial charge in [-0.1, -0.05) is 54.2 Å². The molecular formula is C27H33N5OS. The number of benzene rings is 2. The summed E-state index contributed by atoms with van der Waals surface area (Å²) >= 11 is 1.61. The van der Waals surface area contributed by atoms with Crippen LogP contribution in [0.5, 0.6) is 0 Å². The van der Waals surface area contributed by atoms with E-state index in [0.717, 1.165) is 60.7 Å². The number of aryl methyl sites for hydroxylation is 1. The van der Waals surface area contributed by atoms with Gasteiger partial charge in [-0.15, -0.1) is 0 Å². The summed E-state index contributed by atoms with van der Waals surface area (Å²) in [7, 11) is 0. The van der Waals surface area contributed by atoms with E-state index in [9.17, 15) is 4.79 Å². The minimum atomic E-state index is -0.0395. The molecule has 0 radical (unpaired) electrons. The molecular weight excluding hydrogens is 442 g/mol. The largest absolute Gasteiger partial charge is 0.354 e. The molecule has 1 aliphatic heterocycles. The zero-order valence-corrected chi connectivity index (χ0v) is 21.0. The van der Waals surface area contributed by atoms with Gasteiger partial charge in [-0.2, -0.15) is 0 Å². The van der Waals surface area contributed by atoms with Crippen LogP contribution >= 0.6 is 11.8 Å². The van der Waals surface area contributed by atoms with Crippen LogP contribution in [-0.2, 0) is 12.3 Å². The fourth-order valence-corrected chi connectivity index (χ4v) is 4.87. The number of hydrogen-bond acceptors (Lipinski definition) is 6. The van der Waals surface area contributed by atoms with E-state index in [1.54, 1.807) is 11.8 Å². The van der Waals surface area contributed by atoms with Crippen LogP contribution in [0.3, 0.4) is 0 Å². The Morgan fingerprint density at radius 3 is 2.44 bits per heavy atom. The minimum absolute atomic E-state index is 0.0395. The van der Waals surface area contributed by atoms with Crippen LogP contribution < -0.4 is 10.2 Å². The summed E-state index contributed by atoms with van der Waals surface area (Å²) in [5.41, 5.74) is 4.11. The number of rotatable bonds is 8. The lowest BCUT2D eigenvalue weighted by atomic mass is 10.1.